The van der Waals surface area contributed by atoms with Crippen molar-refractivity contribution in [2.24, 2.45) is 7.05 Å². The van der Waals surface area contributed by atoms with Gasteiger partial charge in [0.05, 0.1) is 23.9 Å². The van der Waals surface area contributed by atoms with Crippen molar-refractivity contribution in [1.82, 2.24) is 20.2 Å². The van der Waals surface area contributed by atoms with Crippen molar-refractivity contribution < 1.29 is 19.5 Å². The van der Waals surface area contributed by atoms with Gasteiger partial charge in [-0.3, -0.25) is 19.6 Å². The average molecular weight is 508 g/mol. The van der Waals surface area contributed by atoms with Gasteiger partial charge >= 0.3 is 6.03 Å². The number of hydrogen-bond acceptors (Lipinski definition) is 5. The molecule has 3 amide bonds. The molecule has 4 rings (SSSR count). The number of benzene rings is 2. The molecule has 198 valence electrons. The SMILES string of the molecule is CC1CN(C(=O)N(CCCCCCC(=O)NO)c2ccc(-c3ccc4cnn(C)c4c3)cc2)CC(C)O1. The summed E-state index contributed by atoms with van der Waals surface area (Å²) in [5, 5.41) is 14.1. The van der Waals surface area contributed by atoms with E-state index in [1.165, 1.54) is 0 Å². The molecule has 0 radical (unpaired) electrons. The number of hydroxylamine groups is 1. The van der Waals surface area contributed by atoms with Crippen LogP contribution >= 0.6 is 0 Å². The third kappa shape index (κ3) is 6.67. The number of nitrogens with zero attached hydrogens (tertiary/aromatic N) is 4. The smallest absolute Gasteiger partial charge is 0.324 e. The second-order valence-electron chi connectivity index (χ2n) is 9.88. The predicted octanol–water partition coefficient (Wildman–Crippen LogP) is 4.73. The topological polar surface area (TPSA) is 99.9 Å². The number of aromatic nitrogens is 2. The van der Waals surface area contributed by atoms with Gasteiger partial charge in [-0.05, 0) is 56.0 Å². The van der Waals surface area contributed by atoms with Crippen LogP contribution in [0.1, 0.15) is 46.0 Å². The second-order valence-corrected chi connectivity index (χ2v) is 9.88. The second kappa shape index (κ2) is 12.2. The molecule has 9 nitrogen and oxygen atoms in total. The van der Waals surface area contributed by atoms with Crippen molar-refractivity contribution in [1.29, 1.82) is 0 Å². The van der Waals surface area contributed by atoms with Gasteiger partial charge in [0, 0.05) is 44.2 Å². The van der Waals surface area contributed by atoms with Crippen LogP contribution in [0, 0.1) is 0 Å². The number of fused-ring (bicyclic) bond motifs is 1. The lowest BCUT2D eigenvalue weighted by Crippen LogP contribution is -2.53. The van der Waals surface area contributed by atoms with E-state index in [9.17, 15) is 9.59 Å². The number of ether oxygens (including phenoxy) is 1. The Morgan fingerprint density at radius 3 is 2.41 bits per heavy atom. The molecule has 2 aromatic carbocycles. The van der Waals surface area contributed by atoms with Crippen molar-refractivity contribution in [3.05, 3.63) is 48.7 Å². The van der Waals surface area contributed by atoms with E-state index in [-0.39, 0.29) is 24.1 Å². The molecule has 2 atom stereocenters. The molecule has 2 N–H and O–H groups in total. The molecule has 37 heavy (non-hydrogen) atoms. The van der Waals surface area contributed by atoms with E-state index in [1.807, 2.05) is 53.7 Å². The highest BCUT2D eigenvalue weighted by atomic mass is 16.5. The highest BCUT2D eigenvalue weighted by Crippen LogP contribution is 2.27. The van der Waals surface area contributed by atoms with Crippen molar-refractivity contribution in [3.8, 4) is 11.1 Å². The minimum Gasteiger partial charge on any atom is -0.372 e. The molecule has 1 aromatic heterocycles. The summed E-state index contributed by atoms with van der Waals surface area (Å²) >= 11 is 0. The number of carbonyl (C=O) groups excluding carboxylic acids is 2. The van der Waals surface area contributed by atoms with Gasteiger partial charge in [0.1, 0.15) is 0 Å². The normalized spacial score (nSPS) is 17.7. The number of aryl methyl sites for hydroxylation is 1. The molecule has 2 heterocycles. The Kier molecular flexibility index (Phi) is 8.78. The number of hydrogen-bond donors (Lipinski definition) is 2. The van der Waals surface area contributed by atoms with Crippen LogP contribution in [-0.4, -0.2) is 63.7 Å². The van der Waals surface area contributed by atoms with Gasteiger partial charge in [-0.25, -0.2) is 10.3 Å². The highest BCUT2D eigenvalue weighted by Gasteiger charge is 2.29. The van der Waals surface area contributed by atoms with Gasteiger partial charge in [-0.2, -0.15) is 5.10 Å². The van der Waals surface area contributed by atoms with Crippen LogP contribution in [0.2, 0.25) is 0 Å². The molecule has 0 spiro atoms. The number of anilines is 1. The molecule has 1 aliphatic rings. The number of urea groups is 1. The molecule has 2 unspecified atom stereocenters. The van der Waals surface area contributed by atoms with Crippen LogP contribution in [0.15, 0.2) is 48.7 Å². The van der Waals surface area contributed by atoms with E-state index in [4.69, 9.17) is 9.94 Å². The van der Waals surface area contributed by atoms with Crippen molar-refractivity contribution in [2.45, 2.75) is 58.2 Å². The minimum atomic E-state index is -0.366. The van der Waals surface area contributed by atoms with E-state index >= 15 is 0 Å². The Hall–Kier alpha value is -3.43. The summed E-state index contributed by atoms with van der Waals surface area (Å²) in [4.78, 5) is 28.6. The molecule has 1 fully saturated rings. The number of amides is 3. The summed E-state index contributed by atoms with van der Waals surface area (Å²) in [7, 11) is 1.94. The molecule has 0 saturated carbocycles. The quantitative estimate of drug-likeness (QED) is 0.248. The van der Waals surface area contributed by atoms with Crippen LogP contribution in [0.25, 0.3) is 22.0 Å². The van der Waals surface area contributed by atoms with Gasteiger partial charge in [0.15, 0.2) is 0 Å². The van der Waals surface area contributed by atoms with E-state index in [2.05, 4.69) is 35.4 Å². The van der Waals surface area contributed by atoms with Gasteiger partial charge in [-0.1, -0.05) is 37.1 Å². The van der Waals surface area contributed by atoms with Crippen molar-refractivity contribution in [3.63, 3.8) is 0 Å². The van der Waals surface area contributed by atoms with E-state index < -0.39 is 0 Å². The number of nitrogens with one attached hydrogen (secondary N) is 1. The largest absolute Gasteiger partial charge is 0.372 e. The van der Waals surface area contributed by atoms with Gasteiger partial charge in [0.2, 0.25) is 5.91 Å². The Morgan fingerprint density at radius 2 is 1.70 bits per heavy atom. The third-order valence-electron chi connectivity index (χ3n) is 6.84. The zero-order chi connectivity index (χ0) is 26.4. The lowest BCUT2D eigenvalue weighted by molar-refractivity contribution is -0.129. The maximum absolute atomic E-state index is 13.7. The first-order valence-electron chi connectivity index (χ1n) is 13.0. The first-order valence-corrected chi connectivity index (χ1v) is 13.0. The Balaban J connectivity index is 1.48. The van der Waals surface area contributed by atoms with Gasteiger partial charge in [-0.15, -0.1) is 0 Å². The standard InChI is InChI=1S/C28H37N5O4/c1-20-18-32(19-21(2)37-20)28(35)33(15-7-5-4-6-8-27(34)30-36)25-13-11-22(12-14-25)23-9-10-24-17-29-31(3)26(24)16-23/h9-14,16-17,20-21,36H,4-8,15,18-19H2,1-3H3,(H,30,34). The maximum atomic E-state index is 13.7. The summed E-state index contributed by atoms with van der Waals surface area (Å²) in [6.07, 6.45) is 5.43. The molecule has 3 aromatic rings. The van der Waals surface area contributed by atoms with Gasteiger partial charge < -0.3 is 9.64 Å². The molecule has 0 aliphatic carbocycles. The summed E-state index contributed by atoms with van der Waals surface area (Å²) in [6, 6.07) is 14.4. The fraction of sp³-hybridized carbons (Fsp3) is 0.464. The monoisotopic (exact) mass is 507 g/mol. The van der Waals surface area contributed by atoms with Crippen LogP contribution in [0.5, 0.6) is 0 Å². The number of morpholine rings is 1. The zero-order valence-corrected chi connectivity index (χ0v) is 21.9. The molecule has 1 aliphatic heterocycles. The number of carbonyl (C=O) groups is 2. The molecule has 1 saturated heterocycles. The fourth-order valence-electron chi connectivity index (χ4n) is 4.96. The Labute approximate surface area is 218 Å². The van der Waals surface area contributed by atoms with Crippen molar-refractivity contribution >= 4 is 28.5 Å². The van der Waals surface area contributed by atoms with Crippen LogP contribution in [0.3, 0.4) is 0 Å². The molecule has 9 heteroatoms. The highest BCUT2D eigenvalue weighted by molar-refractivity contribution is 5.92. The fourth-order valence-corrected chi connectivity index (χ4v) is 4.96. The van der Waals surface area contributed by atoms with Gasteiger partial charge in [0.25, 0.3) is 0 Å². The van der Waals surface area contributed by atoms with E-state index in [0.29, 0.717) is 32.5 Å². The first kappa shape index (κ1) is 26.6. The van der Waals surface area contributed by atoms with Crippen molar-refractivity contribution in [2.75, 3.05) is 24.5 Å². The Bertz CT molecular complexity index is 1200. The lowest BCUT2D eigenvalue weighted by Gasteiger charge is -2.38. The average Bonchev–Trinajstić information content (AvgIpc) is 3.27. The summed E-state index contributed by atoms with van der Waals surface area (Å²) in [5.74, 6) is -0.366. The van der Waals surface area contributed by atoms with E-state index in [1.54, 1.807) is 5.48 Å². The maximum Gasteiger partial charge on any atom is 0.324 e. The lowest BCUT2D eigenvalue weighted by atomic mass is 10.0. The molecular formula is C28H37N5O4. The Morgan fingerprint density at radius 1 is 1.03 bits per heavy atom. The summed E-state index contributed by atoms with van der Waals surface area (Å²) < 4.78 is 7.70. The zero-order valence-electron chi connectivity index (χ0n) is 21.9. The molecular weight excluding hydrogens is 470 g/mol. The van der Waals surface area contributed by atoms with Crippen LogP contribution in [-0.2, 0) is 16.6 Å². The predicted molar refractivity (Wildman–Crippen MR) is 143 cm³/mol. The third-order valence-corrected chi connectivity index (χ3v) is 6.84. The summed E-state index contributed by atoms with van der Waals surface area (Å²) in [6.45, 7) is 5.72. The minimum absolute atomic E-state index is 0.00322. The first-order chi connectivity index (χ1) is 17.9. The van der Waals surface area contributed by atoms with E-state index in [0.717, 1.165) is 47.0 Å². The number of unbranched alkanes of at least 4 members (excludes halogenated alkanes) is 3. The molecule has 0 bridgehead atoms. The summed E-state index contributed by atoms with van der Waals surface area (Å²) in [5.41, 5.74) is 5.78. The van der Waals surface area contributed by atoms with Crippen LogP contribution in [0.4, 0.5) is 10.5 Å². The number of rotatable bonds is 9. The van der Waals surface area contributed by atoms with Crippen LogP contribution < -0.4 is 10.4 Å².